The maximum atomic E-state index is 12.9. The largest absolute Gasteiger partial charge is 0.462 e. The van der Waals surface area contributed by atoms with Crippen LogP contribution in [0.3, 0.4) is 0 Å². The Kier molecular flexibility index (Phi) is 52.9. The van der Waals surface area contributed by atoms with Gasteiger partial charge in [-0.3, -0.25) is 14.4 Å². The van der Waals surface area contributed by atoms with Crippen LogP contribution >= 0.6 is 0 Å². The summed E-state index contributed by atoms with van der Waals surface area (Å²) in [5, 5.41) is 0. The molecule has 0 fully saturated rings. The van der Waals surface area contributed by atoms with Crippen molar-refractivity contribution in [3.8, 4) is 0 Å². The molecule has 69 heavy (non-hydrogen) atoms. The SMILES string of the molecule is CC(C)CCCCCCCCCCCCCCCCCCCCC(=O)OC[C@H](COC(=O)CCCCCCCCCCCCCCCCC(C)C)OC(=O)CCCCCCCCCCCCC(C)C. The smallest absolute Gasteiger partial charge is 0.306 e. The normalized spacial score (nSPS) is 12.1. The molecule has 0 radical (unpaired) electrons. The predicted molar refractivity (Wildman–Crippen MR) is 298 cm³/mol. The van der Waals surface area contributed by atoms with Crippen LogP contribution in [0, 0.1) is 17.8 Å². The molecule has 0 aliphatic carbocycles. The average Bonchev–Trinajstić information content (AvgIpc) is 3.31. The number of ether oxygens (including phenoxy) is 3. The van der Waals surface area contributed by atoms with E-state index in [-0.39, 0.29) is 31.1 Å². The number of esters is 3. The fraction of sp³-hybridized carbons (Fsp3) is 0.952. The van der Waals surface area contributed by atoms with Crippen molar-refractivity contribution in [3.05, 3.63) is 0 Å². The van der Waals surface area contributed by atoms with Crippen molar-refractivity contribution >= 4 is 17.9 Å². The Hall–Kier alpha value is -1.59. The lowest BCUT2D eigenvalue weighted by molar-refractivity contribution is -0.167. The summed E-state index contributed by atoms with van der Waals surface area (Å²) >= 11 is 0. The van der Waals surface area contributed by atoms with Gasteiger partial charge in [-0.25, -0.2) is 0 Å². The van der Waals surface area contributed by atoms with E-state index in [1.165, 1.54) is 231 Å². The zero-order valence-electron chi connectivity index (χ0n) is 47.6. The van der Waals surface area contributed by atoms with E-state index >= 15 is 0 Å². The van der Waals surface area contributed by atoms with Crippen molar-refractivity contribution in [2.75, 3.05) is 13.2 Å². The lowest BCUT2D eigenvalue weighted by Gasteiger charge is -2.18. The maximum absolute atomic E-state index is 12.9. The highest BCUT2D eigenvalue weighted by Crippen LogP contribution is 2.19. The highest BCUT2D eigenvalue weighted by molar-refractivity contribution is 5.71. The van der Waals surface area contributed by atoms with Crippen LogP contribution < -0.4 is 0 Å². The fourth-order valence-electron chi connectivity index (χ4n) is 9.71. The monoisotopic (exact) mass is 975 g/mol. The first-order valence-electron chi connectivity index (χ1n) is 31.1. The minimum absolute atomic E-state index is 0.0631. The molecule has 0 aromatic heterocycles. The molecule has 0 saturated heterocycles. The third-order valence-electron chi connectivity index (χ3n) is 14.4. The highest BCUT2D eigenvalue weighted by Gasteiger charge is 2.19. The second kappa shape index (κ2) is 54.2. The molecule has 0 bridgehead atoms. The van der Waals surface area contributed by atoms with Crippen LogP contribution in [0.25, 0.3) is 0 Å². The first kappa shape index (κ1) is 67.4. The van der Waals surface area contributed by atoms with E-state index in [0.717, 1.165) is 75.5 Å². The molecular weight excluding hydrogens is 853 g/mol. The topological polar surface area (TPSA) is 78.9 Å². The van der Waals surface area contributed by atoms with E-state index in [9.17, 15) is 14.4 Å². The van der Waals surface area contributed by atoms with Gasteiger partial charge in [-0.05, 0) is 37.0 Å². The third kappa shape index (κ3) is 57.2. The van der Waals surface area contributed by atoms with Gasteiger partial charge >= 0.3 is 17.9 Å². The molecule has 1 atom stereocenters. The van der Waals surface area contributed by atoms with Crippen molar-refractivity contribution in [1.82, 2.24) is 0 Å². The summed E-state index contributed by atoms with van der Waals surface area (Å²) in [6.45, 7) is 13.8. The summed E-state index contributed by atoms with van der Waals surface area (Å²) in [5.74, 6) is 1.68. The van der Waals surface area contributed by atoms with Crippen molar-refractivity contribution in [1.29, 1.82) is 0 Å². The second-order valence-electron chi connectivity index (χ2n) is 23.1. The van der Waals surface area contributed by atoms with Gasteiger partial charge in [0.15, 0.2) is 6.10 Å². The number of carbonyl (C=O) groups excluding carboxylic acids is 3. The van der Waals surface area contributed by atoms with Crippen LogP contribution in [0.1, 0.15) is 350 Å². The van der Waals surface area contributed by atoms with Crippen LogP contribution in [-0.4, -0.2) is 37.2 Å². The molecule has 0 aromatic carbocycles. The summed E-state index contributed by atoms with van der Waals surface area (Å²) < 4.78 is 16.9. The molecule has 0 aliphatic rings. The van der Waals surface area contributed by atoms with Gasteiger partial charge in [-0.1, -0.05) is 311 Å². The molecule has 0 spiro atoms. The minimum atomic E-state index is -0.764. The second-order valence-corrected chi connectivity index (χ2v) is 23.1. The average molecular weight is 976 g/mol. The van der Waals surface area contributed by atoms with Gasteiger partial charge in [0.2, 0.25) is 0 Å². The van der Waals surface area contributed by atoms with Gasteiger partial charge in [-0.15, -0.1) is 0 Å². The first-order valence-corrected chi connectivity index (χ1v) is 31.1. The van der Waals surface area contributed by atoms with Crippen molar-refractivity contribution in [3.63, 3.8) is 0 Å². The molecule has 0 amide bonds. The van der Waals surface area contributed by atoms with Crippen LogP contribution in [0.4, 0.5) is 0 Å². The number of hydrogen-bond acceptors (Lipinski definition) is 6. The summed E-state index contributed by atoms with van der Waals surface area (Å²) in [6, 6.07) is 0. The fourth-order valence-corrected chi connectivity index (χ4v) is 9.71. The number of carbonyl (C=O) groups is 3. The van der Waals surface area contributed by atoms with Crippen LogP contribution in [-0.2, 0) is 28.6 Å². The molecule has 0 unspecified atom stereocenters. The molecular formula is C63H122O6. The zero-order valence-corrected chi connectivity index (χ0v) is 47.6. The molecule has 0 heterocycles. The van der Waals surface area contributed by atoms with Crippen molar-refractivity contribution in [2.24, 2.45) is 17.8 Å². The summed E-state index contributed by atoms with van der Waals surface area (Å²) in [4.78, 5) is 38.2. The van der Waals surface area contributed by atoms with Crippen LogP contribution in [0.15, 0.2) is 0 Å². The van der Waals surface area contributed by atoms with Crippen molar-refractivity contribution < 1.29 is 28.6 Å². The van der Waals surface area contributed by atoms with Gasteiger partial charge in [0, 0.05) is 19.3 Å². The van der Waals surface area contributed by atoms with Gasteiger partial charge in [-0.2, -0.15) is 0 Å². The Labute approximate surface area is 431 Å². The molecule has 0 saturated carbocycles. The first-order chi connectivity index (χ1) is 33.6. The maximum Gasteiger partial charge on any atom is 0.306 e. The van der Waals surface area contributed by atoms with Crippen LogP contribution in [0.5, 0.6) is 0 Å². The van der Waals surface area contributed by atoms with Crippen molar-refractivity contribution in [2.45, 2.75) is 356 Å². The summed E-state index contributed by atoms with van der Waals surface area (Å²) in [6.07, 6.45) is 58.2. The molecule has 6 nitrogen and oxygen atoms in total. The molecule has 0 rings (SSSR count). The Bertz CT molecular complexity index is 1070. The molecule has 0 aliphatic heterocycles. The Morgan fingerprint density at radius 2 is 0.420 bits per heavy atom. The lowest BCUT2D eigenvalue weighted by atomic mass is 10.0. The van der Waals surface area contributed by atoms with Gasteiger partial charge in [0.05, 0.1) is 0 Å². The van der Waals surface area contributed by atoms with E-state index in [1.54, 1.807) is 0 Å². The molecule has 0 N–H and O–H groups in total. The summed E-state index contributed by atoms with van der Waals surface area (Å²) in [7, 11) is 0. The van der Waals surface area contributed by atoms with E-state index < -0.39 is 6.10 Å². The standard InChI is InChI=1S/C63H122O6/c1-57(2)49-43-37-31-25-19-15-11-9-7-8-10-12-17-21-28-34-40-46-52-61(64)67-55-60(69-63(66)54-48-42-36-30-24-23-27-33-39-45-51-59(5)6)56-68-62(65)53-47-41-35-29-22-18-14-13-16-20-26-32-38-44-50-58(3)4/h57-60H,7-56H2,1-6H3/t60-/m1/s1. The van der Waals surface area contributed by atoms with E-state index in [0.29, 0.717) is 19.3 Å². The molecule has 410 valence electrons. The highest BCUT2D eigenvalue weighted by atomic mass is 16.6. The van der Waals surface area contributed by atoms with Gasteiger partial charge in [0.1, 0.15) is 13.2 Å². The quantitative estimate of drug-likeness (QED) is 0.0343. The van der Waals surface area contributed by atoms with Gasteiger partial charge in [0.25, 0.3) is 0 Å². The Morgan fingerprint density at radius 1 is 0.246 bits per heavy atom. The Balaban J connectivity index is 4.24. The zero-order chi connectivity index (χ0) is 50.5. The predicted octanol–water partition coefficient (Wildman–Crippen LogP) is 20.7. The lowest BCUT2D eigenvalue weighted by Crippen LogP contribution is -2.30. The van der Waals surface area contributed by atoms with Crippen LogP contribution in [0.2, 0.25) is 0 Å². The number of hydrogen-bond donors (Lipinski definition) is 0. The summed E-state index contributed by atoms with van der Waals surface area (Å²) in [5.41, 5.74) is 0. The minimum Gasteiger partial charge on any atom is -0.462 e. The third-order valence-corrected chi connectivity index (χ3v) is 14.4. The number of rotatable bonds is 56. The molecule has 6 heteroatoms. The van der Waals surface area contributed by atoms with E-state index in [1.807, 2.05) is 0 Å². The van der Waals surface area contributed by atoms with Gasteiger partial charge < -0.3 is 14.2 Å². The number of unbranched alkanes of at least 4 members (excludes halogenated alkanes) is 39. The molecule has 0 aromatic rings. The van der Waals surface area contributed by atoms with E-state index in [2.05, 4.69) is 41.5 Å². The Morgan fingerprint density at radius 3 is 0.623 bits per heavy atom. The van der Waals surface area contributed by atoms with E-state index in [4.69, 9.17) is 14.2 Å².